The molecule has 2 amide bonds. The monoisotopic (exact) mass is 542 g/mol. The first kappa shape index (κ1) is 28.1. The summed E-state index contributed by atoms with van der Waals surface area (Å²) in [5.41, 5.74) is 1.75. The number of rotatable bonds is 13. The molecule has 0 unspecified atom stereocenters. The van der Waals surface area contributed by atoms with Gasteiger partial charge in [-0.25, -0.2) is 0 Å². The maximum Gasteiger partial charge on any atom is 0.243 e. The highest BCUT2D eigenvalue weighted by Crippen LogP contribution is 2.25. The highest BCUT2D eigenvalue weighted by Gasteiger charge is 2.30. The number of amides is 2. The van der Waals surface area contributed by atoms with Crippen molar-refractivity contribution in [2.75, 3.05) is 12.3 Å². The van der Waals surface area contributed by atoms with Gasteiger partial charge in [-0.15, -0.1) is 11.8 Å². The topological polar surface area (TPSA) is 49.4 Å². The highest BCUT2D eigenvalue weighted by atomic mass is 35.5. The first-order chi connectivity index (χ1) is 17.5. The van der Waals surface area contributed by atoms with E-state index in [1.807, 2.05) is 66.7 Å². The number of benzene rings is 3. The summed E-state index contributed by atoms with van der Waals surface area (Å²) >= 11 is 14.2. The van der Waals surface area contributed by atoms with Crippen LogP contribution in [0, 0.1) is 0 Å². The van der Waals surface area contributed by atoms with Gasteiger partial charge in [0, 0.05) is 46.6 Å². The number of halogens is 2. The first-order valence-corrected chi connectivity index (χ1v) is 13.9. The number of thioether (sulfide) groups is 1. The van der Waals surface area contributed by atoms with Crippen molar-refractivity contribution in [1.29, 1.82) is 0 Å². The van der Waals surface area contributed by atoms with E-state index in [1.165, 1.54) is 0 Å². The number of unbranched alkanes of at least 4 members (excludes halogenated alkanes) is 1. The van der Waals surface area contributed by atoms with Crippen LogP contribution in [0.1, 0.15) is 37.3 Å². The minimum atomic E-state index is -0.662. The average molecular weight is 544 g/mol. The SMILES string of the molecule is CCCCNC(=O)[C@@H](Cc1ccccc1)N(Cc1ccc(Cl)cc1Cl)C(=O)CCSc1ccccc1. The molecule has 0 bridgehead atoms. The fourth-order valence-corrected chi connectivity index (χ4v) is 5.14. The summed E-state index contributed by atoms with van der Waals surface area (Å²) < 4.78 is 0. The van der Waals surface area contributed by atoms with Crippen molar-refractivity contribution in [1.82, 2.24) is 10.2 Å². The number of hydrogen-bond acceptors (Lipinski definition) is 3. The Labute approximate surface area is 228 Å². The van der Waals surface area contributed by atoms with Gasteiger partial charge in [0.1, 0.15) is 6.04 Å². The molecule has 0 radical (unpaired) electrons. The van der Waals surface area contributed by atoms with Crippen molar-refractivity contribution >= 4 is 46.8 Å². The molecule has 0 saturated carbocycles. The molecule has 36 heavy (non-hydrogen) atoms. The Kier molecular flexibility index (Phi) is 11.7. The normalized spacial score (nSPS) is 11.6. The van der Waals surface area contributed by atoms with E-state index >= 15 is 0 Å². The van der Waals surface area contributed by atoms with Crippen LogP contribution in [0.2, 0.25) is 10.0 Å². The van der Waals surface area contributed by atoms with Crippen LogP contribution in [0.4, 0.5) is 0 Å². The molecule has 190 valence electrons. The molecule has 0 spiro atoms. The molecule has 0 aromatic heterocycles. The van der Waals surface area contributed by atoms with Gasteiger partial charge in [0.15, 0.2) is 0 Å². The molecular weight excluding hydrogens is 511 g/mol. The third kappa shape index (κ3) is 8.88. The molecule has 4 nitrogen and oxygen atoms in total. The van der Waals surface area contributed by atoms with Gasteiger partial charge in [-0.2, -0.15) is 0 Å². The molecule has 0 aliphatic carbocycles. The average Bonchev–Trinajstić information content (AvgIpc) is 2.88. The molecule has 0 saturated heterocycles. The van der Waals surface area contributed by atoms with Crippen molar-refractivity contribution in [2.24, 2.45) is 0 Å². The summed E-state index contributed by atoms with van der Waals surface area (Å²) in [6, 6.07) is 24.4. The largest absolute Gasteiger partial charge is 0.354 e. The number of carbonyl (C=O) groups is 2. The zero-order valence-corrected chi connectivity index (χ0v) is 22.8. The van der Waals surface area contributed by atoms with E-state index in [0.29, 0.717) is 35.2 Å². The predicted octanol–water partition coefficient (Wildman–Crippen LogP) is 7.03. The number of carbonyl (C=O) groups excluding carboxylic acids is 2. The molecule has 3 aromatic carbocycles. The van der Waals surface area contributed by atoms with E-state index in [-0.39, 0.29) is 18.4 Å². The molecule has 7 heteroatoms. The van der Waals surface area contributed by atoms with Gasteiger partial charge in [0.2, 0.25) is 11.8 Å². The van der Waals surface area contributed by atoms with Crippen LogP contribution in [0.25, 0.3) is 0 Å². The van der Waals surface area contributed by atoms with E-state index in [9.17, 15) is 9.59 Å². The second-order valence-corrected chi connectivity index (χ2v) is 10.5. The third-order valence-corrected chi connectivity index (χ3v) is 7.39. The number of hydrogen-bond donors (Lipinski definition) is 1. The quantitative estimate of drug-likeness (QED) is 0.186. The van der Waals surface area contributed by atoms with Crippen LogP contribution < -0.4 is 5.32 Å². The van der Waals surface area contributed by atoms with E-state index in [2.05, 4.69) is 12.2 Å². The second kappa shape index (κ2) is 14.9. The van der Waals surface area contributed by atoms with Gasteiger partial charge in [-0.1, -0.05) is 91.1 Å². The molecule has 3 aromatic rings. The minimum Gasteiger partial charge on any atom is -0.354 e. The maximum atomic E-state index is 13.6. The molecule has 1 N–H and O–H groups in total. The van der Waals surface area contributed by atoms with E-state index < -0.39 is 6.04 Å². The lowest BCUT2D eigenvalue weighted by Crippen LogP contribution is -2.50. The van der Waals surface area contributed by atoms with Crippen molar-refractivity contribution in [2.45, 2.75) is 50.1 Å². The lowest BCUT2D eigenvalue weighted by molar-refractivity contribution is -0.141. The van der Waals surface area contributed by atoms with Crippen molar-refractivity contribution in [3.8, 4) is 0 Å². The van der Waals surface area contributed by atoms with Crippen LogP contribution in [0.3, 0.4) is 0 Å². The molecular formula is C29H32Cl2N2O2S. The number of nitrogens with zero attached hydrogens (tertiary/aromatic N) is 1. The van der Waals surface area contributed by atoms with Crippen LogP contribution in [0.5, 0.6) is 0 Å². The Morgan fingerprint density at radius 1 is 0.972 bits per heavy atom. The Bertz CT molecular complexity index is 1110. The summed E-state index contributed by atoms with van der Waals surface area (Å²) in [6.07, 6.45) is 2.58. The Morgan fingerprint density at radius 3 is 2.33 bits per heavy atom. The van der Waals surface area contributed by atoms with Crippen molar-refractivity contribution in [3.63, 3.8) is 0 Å². The zero-order chi connectivity index (χ0) is 25.8. The van der Waals surface area contributed by atoms with Crippen molar-refractivity contribution < 1.29 is 9.59 Å². The fourth-order valence-electron chi connectivity index (χ4n) is 3.81. The molecule has 1 atom stereocenters. The molecule has 3 rings (SSSR count). The molecule has 0 fully saturated rings. The molecule has 0 aliphatic rings. The van der Waals surface area contributed by atoms with Gasteiger partial charge in [0.05, 0.1) is 0 Å². The summed E-state index contributed by atoms with van der Waals surface area (Å²) in [4.78, 5) is 29.9. The number of nitrogens with one attached hydrogen (secondary N) is 1. The molecule has 0 heterocycles. The third-order valence-electron chi connectivity index (χ3n) is 5.78. The van der Waals surface area contributed by atoms with Gasteiger partial charge in [0.25, 0.3) is 0 Å². The molecule has 0 aliphatic heterocycles. The summed E-state index contributed by atoms with van der Waals surface area (Å²) in [6.45, 7) is 2.88. The first-order valence-electron chi connectivity index (χ1n) is 12.2. The van der Waals surface area contributed by atoms with Crippen LogP contribution in [-0.4, -0.2) is 35.1 Å². The van der Waals surface area contributed by atoms with Gasteiger partial charge in [-0.05, 0) is 41.8 Å². The van der Waals surface area contributed by atoms with Crippen LogP contribution in [0.15, 0.2) is 83.8 Å². The van der Waals surface area contributed by atoms with Gasteiger partial charge in [-0.3, -0.25) is 9.59 Å². The van der Waals surface area contributed by atoms with Crippen LogP contribution in [-0.2, 0) is 22.6 Å². The second-order valence-electron chi connectivity index (χ2n) is 8.52. The fraction of sp³-hybridized carbons (Fsp3) is 0.310. The standard InChI is InChI=1S/C29H32Cl2N2O2S/c1-2-3-17-32-29(35)27(19-22-10-6-4-7-11-22)33(21-23-14-15-24(30)20-26(23)31)28(34)16-18-36-25-12-8-5-9-13-25/h4-15,20,27H,2-3,16-19,21H2,1H3,(H,32,35)/t27-/m1/s1. The van der Waals surface area contributed by atoms with Gasteiger partial charge < -0.3 is 10.2 Å². The summed E-state index contributed by atoms with van der Waals surface area (Å²) in [5, 5.41) is 4.04. The predicted molar refractivity (Wildman–Crippen MR) is 151 cm³/mol. The van der Waals surface area contributed by atoms with E-state index in [4.69, 9.17) is 23.2 Å². The lowest BCUT2D eigenvalue weighted by atomic mass is 10.0. The van der Waals surface area contributed by atoms with E-state index in [1.54, 1.807) is 28.8 Å². The Morgan fingerprint density at radius 2 is 1.67 bits per heavy atom. The summed E-state index contributed by atoms with van der Waals surface area (Å²) in [5.74, 6) is 0.376. The Hall–Kier alpha value is -2.47. The van der Waals surface area contributed by atoms with E-state index in [0.717, 1.165) is 28.9 Å². The van der Waals surface area contributed by atoms with Crippen LogP contribution >= 0.6 is 35.0 Å². The summed E-state index contributed by atoms with van der Waals surface area (Å²) in [7, 11) is 0. The zero-order valence-electron chi connectivity index (χ0n) is 20.5. The maximum absolute atomic E-state index is 13.6. The smallest absolute Gasteiger partial charge is 0.243 e. The minimum absolute atomic E-state index is 0.0870. The lowest BCUT2D eigenvalue weighted by Gasteiger charge is -2.32. The van der Waals surface area contributed by atoms with Crippen molar-refractivity contribution in [3.05, 3.63) is 100 Å². The highest BCUT2D eigenvalue weighted by molar-refractivity contribution is 7.99. The Balaban J connectivity index is 1.86. The van der Waals surface area contributed by atoms with Gasteiger partial charge >= 0.3 is 0 Å².